The van der Waals surface area contributed by atoms with E-state index in [0.29, 0.717) is 12.0 Å². The minimum absolute atomic E-state index is 0.0211. The van der Waals surface area contributed by atoms with Gasteiger partial charge in [-0.05, 0) is 35.8 Å². The summed E-state index contributed by atoms with van der Waals surface area (Å²) in [7, 11) is 0. The Balaban J connectivity index is 2.02. The summed E-state index contributed by atoms with van der Waals surface area (Å²) in [6.45, 7) is 7.13. The third-order valence-corrected chi connectivity index (χ3v) is 3.80. The van der Waals surface area contributed by atoms with Crippen LogP contribution in [0.15, 0.2) is 24.3 Å². The summed E-state index contributed by atoms with van der Waals surface area (Å²) in [5.41, 5.74) is 7.62. The minimum Gasteiger partial charge on any atom is -0.352 e. The van der Waals surface area contributed by atoms with Crippen LogP contribution in [0.5, 0.6) is 0 Å². The summed E-state index contributed by atoms with van der Waals surface area (Å²) in [5.74, 6) is 0.590. The third-order valence-electron chi connectivity index (χ3n) is 3.80. The van der Waals surface area contributed by atoms with Crippen molar-refractivity contribution < 1.29 is 4.79 Å². The lowest BCUT2D eigenvalue weighted by Gasteiger charge is -2.32. The average molecular weight is 260 g/mol. The summed E-state index contributed by atoms with van der Waals surface area (Å²) in [5, 5.41) is 3.04. The maximum atomic E-state index is 12.3. The molecule has 1 saturated carbocycles. The van der Waals surface area contributed by atoms with E-state index in [1.807, 2.05) is 24.3 Å². The van der Waals surface area contributed by atoms with Gasteiger partial charge in [0.05, 0.1) is 0 Å². The first kappa shape index (κ1) is 14.1. The van der Waals surface area contributed by atoms with Gasteiger partial charge in [-0.2, -0.15) is 0 Å². The van der Waals surface area contributed by atoms with Crippen LogP contribution in [0, 0.1) is 5.92 Å². The Bertz CT molecular complexity index is 456. The fraction of sp³-hybridized carbons (Fsp3) is 0.562. The number of hydrogen-bond donors (Lipinski definition) is 2. The highest BCUT2D eigenvalue weighted by Gasteiger charge is 2.27. The Morgan fingerprint density at radius 2 is 1.95 bits per heavy atom. The lowest BCUT2D eigenvalue weighted by atomic mass is 9.80. The molecule has 1 aliphatic carbocycles. The van der Waals surface area contributed by atoms with E-state index in [-0.39, 0.29) is 11.3 Å². The summed E-state index contributed by atoms with van der Waals surface area (Å²) in [4.78, 5) is 12.3. The molecule has 3 nitrogen and oxygen atoms in total. The van der Waals surface area contributed by atoms with Gasteiger partial charge in [0, 0.05) is 18.2 Å². The van der Waals surface area contributed by atoms with Crippen molar-refractivity contribution in [3.63, 3.8) is 0 Å². The van der Waals surface area contributed by atoms with Crippen molar-refractivity contribution in [3.05, 3.63) is 35.4 Å². The highest BCUT2D eigenvalue weighted by atomic mass is 16.1. The second-order valence-electron chi connectivity index (χ2n) is 6.60. The van der Waals surface area contributed by atoms with Gasteiger partial charge in [-0.3, -0.25) is 4.79 Å². The largest absolute Gasteiger partial charge is 0.352 e. The molecule has 1 aliphatic rings. The lowest BCUT2D eigenvalue weighted by molar-refractivity contribution is 0.0933. The first-order valence-corrected chi connectivity index (χ1v) is 7.01. The standard InChI is InChI=1S/C16H24N2O/c1-16(2,3)14-7-5-4-6-13(14)15(19)18-10-11-8-12(17)9-11/h4-7,11-12H,8-10,17H2,1-3H3,(H,18,19). The number of amides is 1. The molecule has 0 heterocycles. The molecule has 0 spiro atoms. The van der Waals surface area contributed by atoms with Crippen molar-refractivity contribution >= 4 is 5.91 Å². The van der Waals surface area contributed by atoms with E-state index in [4.69, 9.17) is 5.73 Å². The number of nitrogens with one attached hydrogen (secondary N) is 1. The first-order chi connectivity index (χ1) is 8.88. The van der Waals surface area contributed by atoms with E-state index in [9.17, 15) is 4.79 Å². The van der Waals surface area contributed by atoms with Gasteiger partial charge in [0.25, 0.3) is 5.91 Å². The quantitative estimate of drug-likeness (QED) is 0.877. The number of nitrogens with two attached hydrogens (primary N) is 1. The third kappa shape index (κ3) is 3.35. The van der Waals surface area contributed by atoms with Crippen LogP contribution in [0.25, 0.3) is 0 Å². The predicted molar refractivity (Wildman–Crippen MR) is 78.2 cm³/mol. The molecule has 2 rings (SSSR count). The molecule has 0 saturated heterocycles. The Morgan fingerprint density at radius 1 is 1.32 bits per heavy atom. The summed E-state index contributed by atoms with van der Waals surface area (Å²) < 4.78 is 0. The first-order valence-electron chi connectivity index (χ1n) is 7.01. The van der Waals surface area contributed by atoms with Crippen molar-refractivity contribution in [2.45, 2.75) is 45.1 Å². The molecule has 1 aromatic rings. The maximum Gasteiger partial charge on any atom is 0.251 e. The van der Waals surface area contributed by atoms with Crippen molar-refractivity contribution in [2.75, 3.05) is 6.54 Å². The molecular weight excluding hydrogens is 236 g/mol. The second-order valence-corrected chi connectivity index (χ2v) is 6.60. The SMILES string of the molecule is CC(C)(C)c1ccccc1C(=O)NCC1CC(N)C1. The van der Waals surface area contributed by atoms with Gasteiger partial charge < -0.3 is 11.1 Å². The topological polar surface area (TPSA) is 55.1 Å². The Kier molecular flexibility index (Phi) is 3.95. The van der Waals surface area contributed by atoms with Crippen LogP contribution in [0.3, 0.4) is 0 Å². The average Bonchev–Trinajstić information content (AvgIpc) is 2.32. The van der Waals surface area contributed by atoms with Crippen LogP contribution in [0.2, 0.25) is 0 Å². The van der Waals surface area contributed by atoms with E-state index < -0.39 is 0 Å². The minimum atomic E-state index is -0.0211. The molecule has 0 radical (unpaired) electrons. The van der Waals surface area contributed by atoms with Gasteiger partial charge in [0.2, 0.25) is 0 Å². The molecule has 0 atom stereocenters. The van der Waals surface area contributed by atoms with Crippen molar-refractivity contribution in [1.82, 2.24) is 5.32 Å². The molecule has 0 aliphatic heterocycles. The molecule has 1 amide bonds. The molecule has 1 fully saturated rings. The van der Waals surface area contributed by atoms with Crippen molar-refractivity contribution in [1.29, 1.82) is 0 Å². The van der Waals surface area contributed by atoms with Crippen LogP contribution < -0.4 is 11.1 Å². The fourth-order valence-corrected chi connectivity index (χ4v) is 2.62. The molecule has 19 heavy (non-hydrogen) atoms. The monoisotopic (exact) mass is 260 g/mol. The smallest absolute Gasteiger partial charge is 0.251 e. The van der Waals surface area contributed by atoms with E-state index in [2.05, 4.69) is 26.1 Å². The second kappa shape index (κ2) is 5.33. The van der Waals surface area contributed by atoms with Crippen LogP contribution >= 0.6 is 0 Å². The number of carbonyl (C=O) groups is 1. The molecule has 1 aromatic carbocycles. The number of carbonyl (C=O) groups excluding carboxylic acids is 1. The van der Waals surface area contributed by atoms with E-state index in [0.717, 1.165) is 30.5 Å². The van der Waals surface area contributed by atoms with Crippen LogP contribution in [-0.4, -0.2) is 18.5 Å². The van der Waals surface area contributed by atoms with E-state index in [1.165, 1.54) is 0 Å². The summed E-state index contributed by atoms with van der Waals surface area (Å²) in [6.07, 6.45) is 2.06. The zero-order chi connectivity index (χ0) is 14.0. The molecule has 3 N–H and O–H groups in total. The number of hydrogen-bond acceptors (Lipinski definition) is 2. The predicted octanol–water partition coefficient (Wildman–Crippen LogP) is 2.45. The Labute approximate surface area is 115 Å². The fourth-order valence-electron chi connectivity index (χ4n) is 2.62. The summed E-state index contributed by atoms with van der Waals surface area (Å²) in [6, 6.07) is 8.19. The van der Waals surface area contributed by atoms with E-state index >= 15 is 0 Å². The van der Waals surface area contributed by atoms with E-state index in [1.54, 1.807) is 0 Å². The van der Waals surface area contributed by atoms with Crippen molar-refractivity contribution in [2.24, 2.45) is 11.7 Å². The van der Waals surface area contributed by atoms with Crippen LogP contribution in [0.4, 0.5) is 0 Å². The normalized spacial score (nSPS) is 22.7. The molecular formula is C16H24N2O. The number of rotatable bonds is 3. The van der Waals surface area contributed by atoms with Gasteiger partial charge >= 0.3 is 0 Å². The molecule has 0 aromatic heterocycles. The van der Waals surface area contributed by atoms with Gasteiger partial charge in [-0.15, -0.1) is 0 Å². The van der Waals surface area contributed by atoms with Gasteiger partial charge in [0.1, 0.15) is 0 Å². The number of benzene rings is 1. The highest BCUT2D eigenvalue weighted by Crippen LogP contribution is 2.27. The summed E-state index contributed by atoms with van der Waals surface area (Å²) >= 11 is 0. The van der Waals surface area contributed by atoms with Gasteiger partial charge in [-0.25, -0.2) is 0 Å². The molecule has 3 heteroatoms. The zero-order valence-electron chi connectivity index (χ0n) is 12.1. The zero-order valence-corrected chi connectivity index (χ0v) is 12.1. The van der Waals surface area contributed by atoms with Gasteiger partial charge in [0.15, 0.2) is 0 Å². The maximum absolute atomic E-state index is 12.3. The highest BCUT2D eigenvalue weighted by molar-refractivity contribution is 5.96. The Hall–Kier alpha value is -1.35. The molecule has 0 bridgehead atoms. The van der Waals surface area contributed by atoms with Gasteiger partial charge in [-0.1, -0.05) is 39.0 Å². The van der Waals surface area contributed by atoms with Crippen LogP contribution in [0.1, 0.15) is 49.5 Å². The lowest BCUT2D eigenvalue weighted by Crippen LogP contribution is -2.42. The Morgan fingerprint density at radius 3 is 2.53 bits per heavy atom. The van der Waals surface area contributed by atoms with Crippen molar-refractivity contribution in [3.8, 4) is 0 Å². The van der Waals surface area contributed by atoms with Crippen LogP contribution in [-0.2, 0) is 5.41 Å². The molecule has 0 unspecified atom stereocenters. The molecule has 104 valence electrons.